The van der Waals surface area contributed by atoms with E-state index in [9.17, 15) is 4.79 Å². The fraction of sp³-hybridized carbons (Fsp3) is 0.286. The van der Waals surface area contributed by atoms with E-state index in [0.29, 0.717) is 13.0 Å². The van der Waals surface area contributed by atoms with Gasteiger partial charge < -0.3 is 15.0 Å². The third-order valence-corrected chi connectivity index (χ3v) is 2.82. The molecule has 2 N–H and O–H groups in total. The molecule has 2 rings (SSSR count). The molecule has 0 saturated heterocycles. The van der Waals surface area contributed by atoms with Crippen LogP contribution in [0.1, 0.15) is 16.8 Å². The molecule has 0 spiro atoms. The predicted octanol–water partition coefficient (Wildman–Crippen LogP) is 1.59. The molecule has 0 aliphatic heterocycles. The Morgan fingerprint density at radius 1 is 1.47 bits per heavy atom. The topological polar surface area (TPSA) is 67.0 Å². The van der Waals surface area contributed by atoms with Gasteiger partial charge in [0.15, 0.2) is 0 Å². The van der Waals surface area contributed by atoms with Crippen molar-refractivity contribution in [1.82, 2.24) is 15.3 Å². The van der Waals surface area contributed by atoms with Crippen molar-refractivity contribution in [2.45, 2.75) is 19.9 Å². The quantitative estimate of drug-likeness (QED) is 0.856. The largest absolute Gasteiger partial charge is 0.496 e. The zero-order valence-corrected chi connectivity index (χ0v) is 11.1. The molecule has 1 heterocycles. The Morgan fingerprint density at radius 3 is 3.00 bits per heavy atom. The third kappa shape index (κ3) is 3.58. The first kappa shape index (κ1) is 13.1. The second kappa shape index (κ2) is 6.04. The average Bonchev–Trinajstić information content (AvgIpc) is 2.90. The summed E-state index contributed by atoms with van der Waals surface area (Å²) >= 11 is 0. The monoisotopic (exact) mass is 259 g/mol. The van der Waals surface area contributed by atoms with Crippen molar-refractivity contribution in [3.63, 3.8) is 0 Å². The molecule has 19 heavy (non-hydrogen) atoms. The summed E-state index contributed by atoms with van der Waals surface area (Å²) in [6.07, 6.45) is 3.58. The Kier molecular flexibility index (Phi) is 4.18. The number of amides is 1. The highest BCUT2D eigenvalue weighted by atomic mass is 16.5. The molecule has 5 heteroatoms. The second-order valence-corrected chi connectivity index (χ2v) is 4.35. The molecule has 5 nitrogen and oxygen atoms in total. The molecule has 0 aliphatic carbocycles. The highest BCUT2D eigenvalue weighted by Crippen LogP contribution is 2.20. The summed E-state index contributed by atoms with van der Waals surface area (Å²) < 4.78 is 5.26. The molecule has 0 atom stereocenters. The van der Waals surface area contributed by atoms with Crippen molar-refractivity contribution in [1.29, 1.82) is 0 Å². The minimum Gasteiger partial charge on any atom is -0.496 e. The first-order chi connectivity index (χ1) is 9.19. The second-order valence-electron chi connectivity index (χ2n) is 4.35. The molecular weight excluding hydrogens is 242 g/mol. The summed E-state index contributed by atoms with van der Waals surface area (Å²) in [5.41, 5.74) is 2.88. The molecule has 1 aromatic carbocycles. The molecule has 100 valence electrons. The van der Waals surface area contributed by atoms with Gasteiger partial charge in [0.2, 0.25) is 5.91 Å². The molecule has 0 aliphatic rings. The van der Waals surface area contributed by atoms with Crippen molar-refractivity contribution < 1.29 is 9.53 Å². The van der Waals surface area contributed by atoms with Gasteiger partial charge in [-0.15, -0.1) is 0 Å². The summed E-state index contributed by atoms with van der Waals surface area (Å²) in [6, 6.07) is 5.81. The lowest BCUT2D eigenvalue weighted by Crippen LogP contribution is -2.24. The number of H-pyrrole nitrogens is 1. The molecule has 0 fully saturated rings. The Labute approximate surface area is 112 Å². The predicted molar refractivity (Wildman–Crippen MR) is 71.9 cm³/mol. The number of hydrogen-bond acceptors (Lipinski definition) is 3. The zero-order valence-electron chi connectivity index (χ0n) is 11.1. The first-order valence-electron chi connectivity index (χ1n) is 6.06. The number of nitrogens with one attached hydrogen (secondary N) is 2. The van der Waals surface area contributed by atoms with E-state index < -0.39 is 0 Å². The minimum atomic E-state index is -0.0431. The number of rotatable bonds is 5. The van der Waals surface area contributed by atoms with Gasteiger partial charge in [0, 0.05) is 11.8 Å². The van der Waals surface area contributed by atoms with Crippen molar-refractivity contribution in [2.75, 3.05) is 7.11 Å². The van der Waals surface area contributed by atoms with Crippen molar-refractivity contribution in [2.24, 2.45) is 0 Å². The molecule has 1 aromatic heterocycles. The van der Waals surface area contributed by atoms with Crippen LogP contribution in [0.5, 0.6) is 5.75 Å². The van der Waals surface area contributed by atoms with Crippen LogP contribution < -0.4 is 10.1 Å². The highest BCUT2D eigenvalue weighted by Gasteiger charge is 2.09. The maximum absolute atomic E-state index is 11.9. The van der Waals surface area contributed by atoms with Crippen molar-refractivity contribution in [3.8, 4) is 5.75 Å². The van der Waals surface area contributed by atoms with Crippen molar-refractivity contribution >= 4 is 5.91 Å². The number of aromatic nitrogens is 2. The van der Waals surface area contributed by atoms with E-state index in [4.69, 9.17) is 4.74 Å². The summed E-state index contributed by atoms with van der Waals surface area (Å²) in [5.74, 6) is 0.695. The van der Waals surface area contributed by atoms with Crippen LogP contribution in [0.2, 0.25) is 0 Å². The van der Waals surface area contributed by atoms with E-state index in [0.717, 1.165) is 22.6 Å². The molecule has 0 unspecified atom stereocenters. The number of carbonyl (C=O) groups is 1. The van der Waals surface area contributed by atoms with Crippen molar-refractivity contribution in [3.05, 3.63) is 47.5 Å². The number of methoxy groups -OCH3 is 1. The maximum Gasteiger partial charge on any atom is 0.224 e. The van der Waals surface area contributed by atoms with Crippen LogP contribution in [-0.2, 0) is 17.8 Å². The zero-order chi connectivity index (χ0) is 13.7. The van der Waals surface area contributed by atoms with E-state index in [-0.39, 0.29) is 5.91 Å². The van der Waals surface area contributed by atoms with Gasteiger partial charge in [-0.1, -0.05) is 17.7 Å². The molecule has 0 saturated carbocycles. The summed E-state index contributed by atoms with van der Waals surface area (Å²) in [6.45, 7) is 2.44. The van der Waals surface area contributed by atoms with Gasteiger partial charge in [0.25, 0.3) is 0 Å². The summed E-state index contributed by atoms with van der Waals surface area (Å²) in [5, 5.41) is 2.84. The molecule has 1 amide bonds. The van der Waals surface area contributed by atoms with Crippen LogP contribution in [0.25, 0.3) is 0 Å². The van der Waals surface area contributed by atoms with Crippen LogP contribution in [-0.4, -0.2) is 23.0 Å². The minimum absolute atomic E-state index is 0.0431. The smallest absolute Gasteiger partial charge is 0.224 e. The normalized spacial score (nSPS) is 10.2. The molecule has 0 bridgehead atoms. The van der Waals surface area contributed by atoms with Gasteiger partial charge in [-0.05, 0) is 13.0 Å². The number of imidazole rings is 1. The SMILES string of the molecule is COc1ccc(C)cc1CC(=O)NCc1cnc[nH]1. The molecule has 2 aromatic rings. The first-order valence-corrected chi connectivity index (χ1v) is 6.06. The third-order valence-electron chi connectivity index (χ3n) is 2.82. The standard InChI is InChI=1S/C14H17N3O2/c1-10-3-4-13(19-2)11(5-10)6-14(18)16-8-12-7-15-9-17-12/h3-5,7,9H,6,8H2,1-2H3,(H,15,17)(H,16,18). The van der Waals surface area contributed by atoms with Crippen LogP contribution in [0.15, 0.2) is 30.7 Å². The van der Waals surface area contributed by atoms with E-state index in [1.807, 2.05) is 25.1 Å². The lowest BCUT2D eigenvalue weighted by atomic mass is 10.1. The lowest BCUT2D eigenvalue weighted by Gasteiger charge is -2.09. The Hall–Kier alpha value is -2.30. The number of ether oxygens (including phenoxy) is 1. The number of hydrogen-bond donors (Lipinski definition) is 2. The fourth-order valence-electron chi connectivity index (χ4n) is 1.86. The van der Waals surface area contributed by atoms with Gasteiger partial charge in [-0.3, -0.25) is 4.79 Å². The maximum atomic E-state index is 11.9. The van der Waals surface area contributed by atoms with Gasteiger partial charge in [-0.25, -0.2) is 4.98 Å². The van der Waals surface area contributed by atoms with Crippen LogP contribution in [0, 0.1) is 6.92 Å². The number of nitrogens with zero attached hydrogens (tertiary/aromatic N) is 1. The average molecular weight is 259 g/mol. The Bertz CT molecular complexity index is 550. The lowest BCUT2D eigenvalue weighted by molar-refractivity contribution is -0.120. The number of aromatic amines is 1. The van der Waals surface area contributed by atoms with Crippen LogP contribution in [0.3, 0.4) is 0 Å². The van der Waals surface area contributed by atoms with Crippen LogP contribution >= 0.6 is 0 Å². The van der Waals surface area contributed by atoms with Crippen LogP contribution in [0.4, 0.5) is 0 Å². The van der Waals surface area contributed by atoms with Gasteiger partial charge in [0.05, 0.1) is 32.1 Å². The van der Waals surface area contributed by atoms with E-state index in [2.05, 4.69) is 15.3 Å². The van der Waals surface area contributed by atoms with Gasteiger partial charge in [0.1, 0.15) is 5.75 Å². The molecular formula is C14H17N3O2. The Balaban J connectivity index is 1.96. The van der Waals surface area contributed by atoms with Gasteiger partial charge >= 0.3 is 0 Å². The summed E-state index contributed by atoms with van der Waals surface area (Å²) in [7, 11) is 1.61. The Morgan fingerprint density at radius 2 is 2.32 bits per heavy atom. The fourth-order valence-corrected chi connectivity index (χ4v) is 1.86. The number of aryl methyl sites for hydroxylation is 1. The number of carbonyl (C=O) groups excluding carboxylic acids is 1. The summed E-state index contributed by atoms with van der Waals surface area (Å²) in [4.78, 5) is 18.7. The van der Waals surface area contributed by atoms with Gasteiger partial charge in [-0.2, -0.15) is 0 Å². The highest BCUT2D eigenvalue weighted by molar-refractivity contribution is 5.79. The number of benzene rings is 1. The van der Waals surface area contributed by atoms with E-state index in [1.165, 1.54) is 0 Å². The van der Waals surface area contributed by atoms with E-state index in [1.54, 1.807) is 19.6 Å². The molecule has 0 radical (unpaired) electrons. The van der Waals surface area contributed by atoms with E-state index >= 15 is 0 Å².